The van der Waals surface area contributed by atoms with Crippen LogP contribution in [0.3, 0.4) is 0 Å². The standard InChI is InChI=1S/C32H28ClN3O4/c1-35(2)22-10-13-25-28(16-22)40-29-17-23(36(3)4)11-14-26(29)30(25)27-15-21(9-12-24(27)32(38)39)34-31(37)20-7-5-19(18-33)6-8-20/h5-17H,18H2,1-4H3,(H-,34,37,38,39)/p+1. The first kappa shape index (κ1) is 27.0. The van der Waals surface area contributed by atoms with Crippen molar-refractivity contribution in [3.05, 3.63) is 101 Å². The van der Waals surface area contributed by atoms with Gasteiger partial charge in [-0.25, -0.2) is 9.37 Å². The number of halogens is 1. The molecular formula is C32H29ClN3O4+. The minimum absolute atomic E-state index is 0.117. The van der Waals surface area contributed by atoms with Crippen molar-refractivity contribution in [3.8, 4) is 22.5 Å². The maximum absolute atomic E-state index is 13.0. The van der Waals surface area contributed by atoms with Gasteiger partial charge in [0, 0.05) is 65.6 Å². The molecule has 0 fully saturated rings. The number of hydrogen-bond acceptors (Lipinski definition) is 4. The second kappa shape index (κ2) is 10.9. The molecule has 2 aliphatic rings. The van der Waals surface area contributed by atoms with E-state index in [0.717, 1.165) is 27.6 Å². The number of amides is 1. The number of aromatic carboxylic acids is 1. The molecule has 0 bridgehead atoms. The topological polar surface area (TPSA) is 85.8 Å². The summed E-state index contributed by atoms with van der Waals surface area (Å²) in [6.45, 7) is 0. The Hall–Kier alpha value is -4.62. The fourth-order valence-electron chi connectivity index (χ4n) is 4.68. The number of benzene rings is 4. The van der Waals surface area contributed by atoms with Crippen molar-refractivity contribution in [2.75, 3.05) is 38.4 Å². The molecule has 7 nitrogen and oxygen atoms in total. The maximum atomic E-state index is 13.0. The van der Waals surface area contributed by atoms with Crippen LogP contribution < -0.4 is 20.1 Å². The van der Waals surface area contributed by atoms with Crippen LogP contribution in [0.25, 0.3) is 33.4 Å². The molecule has 1 amide bonds. The van der Waals surface area contributed by atoms with Gasteiger partial charge in [-0.05, 0) is 59.7 Å². The minimum atomic E-state index is -1.07. The van der Waals surface area contributed by atoms with Crippen LogP contribution in [0.15, 0.2) is 83.3 Å². The molecule has 5 rings (SSSR count). The van der Waals surface area contributed by atoms with Crippen LogP contribution in [-0.2, 0) is 5.88 Å². The second-order valence-corrected chi connectivity index (χ2v) is 10.2. The number of carboxylic acids is 1. The summed E-state index contributed by atoms with van der Waals surface area (Å²) in [7, 11) is 7.80. The van der Waals surface area contributed by atoms with E-state index in [0.29, 0.717) is 39.6 Å². The van der Waals surface area contributed by atoms with Crippen molar-refractivity contribution in [3.63, 3.8) is 0 Å². The first-order valence-electron chi connectivity index (χ1n) is 12.7. The minimum Gasteiger partial charge on any atom is -0.478 e. The third kappa shape index (κ3) is 5.16. The van der Waals surface area contributed by atoms with E-state index in [1.54, 1.807) is 36.4 Å². The predicted octanol–water partition coefficient (Wildman–Crippen LogP) is 5.99. The number of carboxylic acid groups (broad SMARTS) is 1. The lowest BCUT2D eigenvalue weighted by atomic mass is 9.90. The van der Waals surface area contributed by atoms with Crippen LogP contribution in [0.5, 0.6) is 0 Å². The SMILES string of the molecule is CN(C)c1ccc2c(-c3cc(NC(=O)c4ccc(CCl)cc4)ccc3C(=O)O)c3ccc(=[N+](C)C)cc-3oc2c1. The lowest BCUT2D eigenvalue weighted by Crippen LogP contribution is -2.21. The van der Waals surface area contributed by atoms with Crippen molar-refractivity contribution in [1.29, 1.82) is 0 Å². The normalized spacial score (nSPS) is 11.0. The predicted molar refractivity (Wildman–Crippen MR) is 161 cm³/mol. The molecule has 0 saturated carbocycles. The number of rotatable bonds is 6. The van der Waals surface area contributed by atoms with Gasteiger partial charge in [0.15, 0.2) is 0 Å². The summed E-state index contributed by atoms with van der Waals surface area (Å²) in [4.78, 5) is 27.4. The highest BCUT2D eigenvalue weighted by Crippen LogP contribution is 2.42. The van der Waals surface area contributed by atoms with Crippen molar-refractivity contribution < 1.29 is 19.1 Å². The summed E-state index contributed by atoms with van der Waals surface area (Å²) in [5.74, 6) is -0.394. The molecule has 0 aromatic heterocycles. The number of carbonyl (C=O) groups excluding carboxylic acids is 1. The molecule has 8 heteroatoms. The zero-order chi connectivity index (χ0) is 28.6. The average Bonchev–Trinajstić information content (AvgIpc) is 2.95. The summed E-state index contributed by atoms with van der Waals surface area (Å²) in [6, 6.07) is 23.6. The number of nitrogens with one attached hydrogen (secondary N) is 1. The average molecular weight is 555 g/mol. The zero-order valence-electron chi connectivity index (χ0n) is 22.7. The van der Waals surface area contributed by atoms with Gasteiger partial charge in [0.25, 0.3) is 5.91 Å². The van der Waals surface area contributed by atoms with E-state index in [4.69, 9.17) is 16.0 Å². The molecule has 1 aliphatic carbocycles. The lowest BCUT2D eigenvalue weighted by Gasteiger charge is -2.19. The number of anilines is 2. The molecule has 2 N–H and O–H groups in total. The number of nitrogens with zero attached hydrogens (tertiary/aromatic N) is 2. The molecule has 0 saturated heterocycles. The molecule has 0 radical (unpaired) electrons. The summed E-state index contributed by atoms with van der Waals surface area (Å²) in [5.41, 5.74) is 5.50. The fraction of sp³-hybridized carbons (Fsp3) is 0.156. The second-order valence-electron chi connectivity index (χ2n) is 9.98. The van der Waals surface area contributed by atoms with Crippen molar-refractivity contribution in [2.45, 2.75) is 5.88 Å². The molecule has 0 unspecified atom stereocenters. The van der Waals surface area contributed by atoms with E-state index < -0.39 is 5.97 Å². The van der Waals surface area contributed by atoms with Gasteiger partial charge in [-0.1, -0.05) is 12.1 Å². The van der Waals surface area contributed by atoms with Crippen LogP contribution in [0.4, 0.5) is 11.4 Å². The van der Waals surface area contributed by atoms with E-state index in [-0.39, 0.29) is 11.5 Å². The van der Waals surface area contributed by atoms with Crippen molar-refractivity contribution in [1.82, 2.24) is 4.58 Å². The number of carbonyl (C=O) groups is 2. The van der Waals surface area contributed by atoms with Gasteiger partial charge in [0.05, 0.1) is 11.6 Å². The Morgan fingerprint density at radius 2 is 1.68 bits per heavy atom. The van der Waals surface area contributed by atoms with Gasteiger partial charge in [0.1, 0.15) is 25.4 Å². The number of fused-ring (bicyclic) bond motifs is 2. The van der Waals surface area contributed by atoms with E-state index >= 15 is 0 Å². The van der Waals surface area contributed by atoms with Crippen LogP contribution in [0.1, 0.15) is 26.3 Å². The summed E-state index contributed by atoms with van der Waals surface area (Å²) < 4.78 is 8.36. The van der Waals surface area contributed by atoms with Gasteiger partial charge < -0.3 is 19.7 Å². The molecule has 1 heterocycles. The fourth-order valence-corrected chi connectivity index (χ4v) is 4.86. The van der Waals surface area contributed by atoms with Crippen molar-refractivity contribution in [2.24, 2.45) is 0 Å². The smallest absolute Gasteiger partial charge is 0.336 e. The number of hydrogen-bond donors (Lipinski definition) is 2. The first-order valence-corrected chi connectivity index (χ1v) is 13.2. The molecule has 0 atom stereocenters. The third-order valence-electron chi connectivity index (χ3n) is 6.87. The molecule has 3 aromatic carbocycles. The van der Waals surface area contributed by atoms with Gasteiger partial charge in [-0.2, -0.15) is 0 Å². The Kier molecular flexibility index (Phi) is 7.32. The van der Waals surface area contributed by atoms with Gasteiger partial charge >= 0.3 is 5.97 Å². The maximum Gasteiger partial charge on any atom is 0.336 e. The highest BCUT2D eigenvalue weighted by atomic mass is 35.5. The van der Waals surface area contributed by atoms with Gasteiger partial charge in [-0.3, -0.25) is 4.79 Å². The van der Waals surface area contributed by atoms with E-state index in [2.05, 4.69) is 5.32 Å². The monoisotopic (exact) mass is 554 g/mol. The molecule has 3 aromatic rings. The Bertz CT molecular complexity index is 1800. The van der Waals surface area contributed by atoms with Crippen LogP contribution in [0, 0.1) is 0 Å². The van der Waals surface area contributed by atoms with E-state index in [9.17, 15) is 14.7 Å². The van der Waals surface area contributed by atoms with Crippen LogP contribution >= 0.6 is 11.6 Å². The van der Waals surface area contributed by atoms with Gasteiger partial charge in [-0.15, -0.1) is 11.6 Å². The molecule has 40 heavy (non-hydrogen) atoms. The Labute approximate surface area is 236 Å². The first-order chi connectivity index (χ1) is 19.2. The molecule has 0 spiro atoms. The van der Waals surface area contributed by atoms with E-state index in [1.807, 2.05) is 74.1 Å². The Balaban J connectivity index is 1.73. The summed E-state index contributed by atoms with van der Waals surface area (Å²) in [5, 5.41) is 14.8. The van der Waals surface area contributed by atoms with Crippen molar-refractivity contribution >= 4 is 45.8 Å². The molecule has 202 valence electrons. The lowest BCUT2D eigenvalue weighted by molar-refractivity contribution is 0.0697. The zero-order valence-corrected chi connectivity index (χ0v) is 23.4. The highest BCUT2D eigenvalue weighted by Gasteiger charge is 2.23. The van der Waals surface area contributed by atoms with E-state index in [1.165, 1.54) is 6.07 Å². The highest BCUT2D eigenvalue weighted by molar-refractivity contribution is 6.17. The molecular weight excluding hydrogens is 526 g/mol. The quantitative estimate of drug-likeness (QED) is 0.153. The Morgan fingerprint density at radius 3 is 2.33 bits per heavy atom. The largest absolute Gasteiger partial charge is 0.478 e. The van der Waals surface area contributed by atoms with Crippen LogP contribution in [0.2, 0.25) is 0 Å². The summed E-state index contributed by atoms with van der Waals surface area (Å²) in [6.07, 6.45) is 0. The third-order valence-corrected chi connectivity index (χ3v) is 7.18. The summed E-state index contributed by atoms with van der Waals surface area (Å²) >= 11 is 5.88. The van der Waals surface area contributed by atoms with Gasteiger partial charge in [0.2, 0.25) is 5.36 Å². The number of alkyl halides is 1. The molecule has 1 aliphatic heterocycles. The Morgan fingerprint density at radius 1 is 0.925 bits per heavy atom. The van der Waals surface area contributed by atoms with Crippen LogP contribution in [-0.4, -0.2) is 45.2 Å².